The summed E-state index contributed by atoms with van der Waals surface area (Å²) in [5.41, 5.74) is -0.124. The fourth-order valence-electron chi connectivity index (χ4n) is 2.38. The lowest BCUT2D eigenvalue weighted by molar-refractivity contribution is -0.138. The summed E-state index contributed by atoms with van der Waals surface area (Å²) in [5, 5.41) is 14.1. The molecule has 168 valence electrons. The average molecular weight is 444 g/mol. The van der Waals surface area contributed by atoms with Gasteiger partial charge in [0.15, 0.2) is 0 Å². The van der Waals surface area contributed by atoms with E-state index in [1.54, 1.807) is 45.9 Å². The molecule has 0 aromatic heterocycles. The van der Waals surface area contributed by atoms with Crippen LogP contribution in [0.4, 0.5) is 4.79 Å². The molecule has 1 rings (SSSR count). The predicted molar refractivity (Wildman–Crippen MR) is 109 cm³/mol. The number of amides is 2. The van der Waals surface area contributed by atoms with Crippen molar-refractivity contribution >= 4 is 28.0 Å². The molecule has 11 heteroatoms. The minimum atomic E-state index is -4.10. The second-order valence-electron chi connectivity index (χ2n) is 7.46. The van der Waals surface area contributed by atoms with E-state index >= 15 is 0 Å². The quantitative estimate of drug-likeness (QED) is 0.421. The maximum atomic E-state index is 12.6. The molecule has 4 N–H and O–H groups in total. The number of sulfonamides is 1. The van der Waals surface area contributed by atoms with E-state index in [1.807, 2.05) is 0 Å². The minimum absolute atomic E-state index is 0.00774. The largest absolute Gasteiger partial charge is 0.480 e. The van der Waals surface area contributed by atoms with Crippen LogP contribution in [0.15, 0.2) is 29.2 Å². The van der Waals surface area contributed by atoms with E-state index in [0.717, 1.165) is 0 Å². The normalized spacial score (nSPS) is 12.7. The Labute approximate surface area is 176 Å². The first kappa shape index (κ1) is 25.4. The number of rotatable bonds is 10. The molecule has 0 aliphatic carbocycles. The molecule has 30 heavy (non-hydrogen) atoms. The zero-order chi connectivity index (χ0) is 22.9. The molecule has 1 aromatic carbocycles. The van der Waals surface area contributed by atoms with Gasteiger partial charge >= 0.3 is 12.1 Å². The molecule has 0 saturated carbocycles. The second-order valence-corrected chi connectivity index (χ2v) is 9.14. The second kappa shape index (κ2) is 10.9. The van der Waals surface area contributed by atoms with Gasteiger partial charge in [-0.3, -0.25) is 9.59 Å². The number of ether oxygens (including phenoxy) is 1. The van der Waals surface area contributed by atoms with Crippen molar-refractivity contribution in [1.29, 1.82) is 0 Å². The van der Waals surface area contributed by atoms with Crippen LogP contribution in [0.5, 0.6) is 0 Å². The number of carboxylic acids is 1. The van der Waals surface area contributed by atoms with E-state index < -0.39 is 46.2 Å². The molecule has 10 nitrogen and oxygen atoms in total. The molecule has 0 heterocycles. The van der Waals surface area contributed by atoms with Crippen LogP contribution < -0.4 is 15.4 Å². The van der Waals surface area contributed by atoms with Gasteiger partial charge < -0.3 is 20.5 Å². The first-order chi connectivity index (χ1) is 13.9. The van der Waals surface area contributed by atoms with Crippen molar-refractivity contribution in [2.75, 3.05) is 13.1 Å². The number of hydrogen-bond acceptors (Lipinski definition) is 6. The Bertz CT molecular complexity index is 863. The SMILES string of the molecule is CCc1ccccc1S(=O)(=O)NC(CNC(=O)CCNC(=O)OC(C)(C)C)C(=O)O. The van der Waals surface area contributed by atoms with Gasteiger partial charge in [-0.15, -0.1) is 0 Å². The molecule has 0 aliphatic rings. The Hall–Kier alpha value is -2.66. The van der Waals surface area contributed by atoms with Crippen LogP contribution in [-0.4, -0.2) is 56.2 Å². The topological polar surface area (TPSA) is 151 Å². The maximum absolute atomic E-state index is 12.6. The zero-order valence-corrected chi connectivity index (χ0v) is 18.3. The molecule has 0 bridgehead atoms. The van der Waals surface area contributed by atoms with Gasteiger partial charge in [-0.05, 0) is 38.8 Å². The maximum Gasteiger partial charge on any atom is 0.407 e. The Kier molecular flexibility index (Phi) is 9.24. The number of aliphatic carboxylic acids is 1. The van der Waals surface area contributed by atoms with E-state index in [-0.39, 0.29) is 17.9 Å². The molecule has 2 amide bonds. The summed E-state index contributed by atoms with van der Waals surface area (Å²) in [6.45, 7) is 6.42. The highest BCUT2D eigenvalue weighted by molar-refractivity contribution is 7.89. The van der Waals surface area contributed by atoms with E-state index in [1.165, 1.54) is 6.07 Å². The Morgan fingerprint density at radius 2 is 1.77 bits per heavy atom. The highest BCUT2D eigenvalue weighted by Crippen LogP contribution is 2.16. The Morgan fingerprint density at radius 3 is 2.33 bits per heavy atom. The molecule has 0 saturated heterocycles. The fraction of sp³-hybridized carbons (Fsp3) is 0.526. The van der Waals surface area contributed by atoms with E-state index in [4.69, 9.17) is 4.74 Å². The average Bonchev–Trinajstić information content (AvgIpc) is 2.63. The van der Waals surface area contributed by atoms with Gasteiger partial charge in [-0.2, -0.15) is 4.72 Å². The van der Waals surface area contributed by atoms with Crippen molar-refractivity contribution in [3.63, 3.8) is 0 Å². The molecule has 0 radical (unpaired) electrons. The highest BCUT2D eigenvalue weighted by atomic mass is 32.2. The molecule has 1 aromatic rings. The van der Waals surface area contributed by atoms with Crippen molar-refractivity contribution < 1.29 is 32.6 Å². The van der Waals surface area contributed by atoms with Crippen molar-refractivity contribution in [1.82, 2.24) is 15.4 Å². The van der Waals surface area contributed by atoms with Crippen LogP contribution in [0.1, 0.15) is 39.7 Å². The van der Waals surface area contributed by atoms with Crippen LogP contribution in [0.2, 0.25) is 0 Å². The van der Waals surface area contributed by atoms with Crippen LogP contribution in [-0.2, 0) is 30.8 Å². The highest BCUT2D eigenvalue weighted by Gasteiger charge is 2.27. The van der Waals surface area contributed by atoms with Crippen LogP contribution in [0.25, 0.3) is 0 Å². The number of benzene rings is 1. The molecular formula is C19H29N3O7S. The summed E-state index contributed by atoms with van der Waals surface area (Å²) in [6.07, 6.45) is -0.353. The lowest BCUT2D eigenvalue weighted by atomic mass is 10.2. The molecule has 1 atom stereocenters. The number of alkyl carbamates (subject to hydrolysis) is 1. The van der Waals surface area contributed by atoms with E-state index in [9.17, 15) is 27.9 Å². The third-order valence-electron chi connectivity index (χ3n) is 3.76. The standard InChI is InChI=1S/C19H29N3O7S/c1-5-13-8-6-7-9-15(13)30(27,28)22-14(17(24)25)12-21-16(23)10-11-20-18(26)29-19(2,3)4/h6-9,14,22H,5,10-12H2,1-4H3,(H,20,26)(H,21,23)(H,24,25). The monoisotopic (exact) mass is 443 g/mol. The summed E-state index contributed by atoms with van der Waals surface area (Å²) in [4.78, 5) is 34.9. The smallest absolute Gasteiger partial charge is 0.407 e. The van der Waals surface area contributed by atoms with Crippen LogP contribution in [0.3, 0.4) is 0 Å². The summed E-state index contributed by atoms with van der Waals surface area (Å²) in [6, 6.07) is 4.72. The molecular weight excluding hydrogens is 414 g/mol. The van der Waals surface area contributed by atoms with Crippen molar-refractivity contribution in [3.8, 4) is 0 Å². The predicted octanol–water partition coefficient (Wildman–Crippen LogP) is 1.01. The summed E-state index contributed by atoms with van der Waals surface area (Å²) in [7, 11) is -4.10. The zero-order valence-electron chi connectivity index (χ0n) is 17.5. The fourth-order valence-corrected chi connectivity index (χ4v) is 3.89. The van der Waals surface area contributed by atoms with Gasteiger partial charge in [0.05, 0.1) is 4.90 Å². The van der Waals surface area contributed by atoms with Crippen LogP contribution >= 0.6 is 0 Å². The molecule has 0 spiro atoms. The summed E-state index contributed by atoms with van der Waals surface area (Å²) < 4.78 is 32.3. The van der Waals surface area contributed by atoms with Gasteiger partial charge in [0.2, 0.25) is 15.9 Å². The number of aryl methyl sites for hydroxylation is 1. The molecule has 0 aliphatic heterocycles. The van der Waals surface area contributed by atoms with Crippen LogP contribution in [0, 0.1) is 0 Å². The van der Waals surface area contributed by atoms with Gasteiger partial charge in [-0.25, -0.2) is 13.2 Å². The van der Waals surface area contributed by atoms with Gasteiger partial charge in [0, 0.05) is 19.5 Å². The van der Waals surface area contributed by atoms with Gasteiger partial charge in [0.25, 0.3) is 0 Å². The molecule has 0 fully saturated rings. The third-order valence-corrected chi connectivity index (χ3v) is 5.33. The lowest BCUT2D eigenvalue weighted by Gasteiger charge is -2.19. The number of carbonyl (C=O) groups is 3. The first-order valence-electron chi connectivity index (χ1n) is 9.42. The lowest BCUT2D eigenvalue weighted by Crippen LogP contribution is -2.48. The summed E-state index contributed by atoms with van der Waals surface area (Å²) >= 11 is 0. The van der Waals surface area contributed by atoms with E-state index in [0.29, 0.717) is 12.0 Å². The summed E-state index contributed by atoms with van der Waals surface area (Å²) in [5.74, 6) is -1.98. The van der Waals surface area contributed by atoms with Crippen molar-refractivity contribution in [2.24, 2.45) is 0 Å². The third kappa shape index (κ3) is 8.78. The van der Waals surface area contributed by atoms with Crippen molar-refractivity contribution in [3.05, 3.63) is 29.8 Å². The number of nitrogens with one attached hydrogen (secondary N) is 3. The number of carboxylic acid groups (broad SMARTS) is 1. The molecule has 1 unspecified atom stereocenters. The number of carbonyl (C=O) groups excluding carboxylic acids is 2. The van der Waals surface area contributed by atoms with Gasteiger partial charge in [-0.1, -0.05) is 25.1 Å². The van der Waals surface area contributed by atoms with Gasteiger partial charge in [0.1, 0.15) is 11.6 Å². The Balaban J connectivity index is 2.61. The van der Waals surface area contributed by atoms with Crippen molar-refractivity contribution in [2.45, 2.75) is 57.1 Å². The first-order valence-corrected chi connectivity index (χ1v) is 10.9. The Morgan fingerprint density at radius 1 is 1.13 bits per heavy atom. The van der Waals surface area contributed by atoms with E-state index in [2.05, 4.69) is 15.4 Å². The number of hydrogen-bond donors (Lipinski definition) is 4. The minimum Gasteiger partial charge on any atom is -0.480 e.